The maximum atomic E-state index is 12.7. The smallest absolute Gasteiger partial charge is 0.123 e. The molecule has 4 heteroatoms. The maximum absolute atomic E-state index is 12.7. The predicted octanol–water partition coefficient (Wildman–Crippen LogP) is 3.40. The Hall–Kier alpha value is -1.49. The Balaban J connectivity index is 1.77. The molecule has 1 heterocycles. The Morgan fingerprint density at radius 2 is 2.05 bits per heavy atom. The van der Waals surface area contributed by atoms with Crippen molar-refractivity contribution in [3.63, 3.8) is 0 Å². The highest BCUT2D eigenvalue weighted by molar-refractivity contribution is 7.08. The molecule has 0 saturated heterocycles. The molecule has 20 heavy (non-hydrogen) atoms. The lowest BCUT2D eigenvalue weighted by molar-refractivity contribution is 0.0585. The third-order valence-electron chi connectivity index (χ3n) is 3.05. The maximum Gasteiger partial charge on any atom is 0.123 e. The summed E-state index contributed by atoms with van der Waals surface area (Å²) in [6.45, 7) is 2.93. The van der Waals surface area contributed by atoms with Crippen molar-refractivity contribution in [2.45, 2.75) is 12.5 Å². The van der Waals surface area contributed by atoms with E-state index in [4.69, 9.17) is 0 Å². The molecular formula is C16H18FNOS. The number of aliphatic hydroxyl groups is 1. The molecule has 0 bridgehead atoms. The van der Waals surface area contributed by atoms with Gasteiger partial charge in [0.05, 0.1) is 5.60 Å². The van der Waals surface area contributed by atoms with Gasteiger partial charge in [-0.2, -0.15) is 11.3 Å². The number of nitrogens with one attached hydrogen (secondary N) is 1. The van der Waals surface area contributed by atoms with Crippen molar-refractivity contribution in [3.05, 3.63) is 64.1 Å². The van der Waals surface area contributed by atoms with Crippen LogP contribution in [-0.2, 0) is 5.60 Å². The Morgan fingerprint density at radius 3 is 2.70 bits per heavy atom. The van der Waals surface area contributed by atoms with Gasteiger partial charge in [0.25, 0.3) is 0 Å². The van der Waals surface area contributed by atoms with Crippen molar-refractivity contribution in [3.8, 4) is 0 Å². The van der Waals surface area contributed by atoms with Gasteiger partial charge in [0.15, 0.2) is 0 Å². The zero-order chi connectivity index (χ0) is 14.4. The Morgan fingerprint density at radius 1 is 1.30 bits per heavy atom. The van der Waals surface area contributed by atoms with E-state index in [2.05, 4.69) is 5.32 Å². The fourth-order valence-corrected chi connectivity index (χ4v) is 2.62. The average molecular weight is 291 g/mol. The van der Waals surface area contributed by atoms with Gasteiger partial charge in [0, 0.05) is 13.1 Å². The zero-order valence-corrected chi connectivity index (χ0v) is 12.2. The van der Waals surface area contributed by atoms with Gasteiger partial charge in [-0.15, -0.1) is 0 Å². The molecule has 0 aliphatic rings. The van der Waals surface area contributed by atoms with Gasteiger partial charge in [-0.1, -0.05) is 24.3 Å². The summed E-state index contributed by atoms with van der Waals surface area (Å²) in [5, 5.41) is 17.4. The minimum absolute atomic E-state index is 0.230. The van der Waals surface area contributed by atoms with E-state index in [9.17, 15) is 9.50 Å². The Bertz CT molecular complexity index is 546. The van der Waals surface area contributed by atoms with Crippen LogP contribution < -0.4 is 5.32 Å². The van der Waals surface area contributed by atoms with E-state index in [1.54, 1.807) is 30.4 Å². The van der Waals surface area contributed by atoms with E-state index in [1.165, 1.54) is 12.1 Å². The van der Waals surface area contributed by atoms with Crippen molar-refractivity contribution >= 4 is 17.4 Å². The molecule has 0 radical (unpaired) electrons. The fourth-order valence-electron chi connectivity index (χ4n) is 1.84. The zero-order valence-electron chi connectivity index (χ0n) is 11.3. The summed E-state index contributed by atoms with van der Waals surface area (Å²) in [6, 6.07) is 8.27. The molecule has 0 fully saturated rings. The second kappa shape index (κ2) is 6.79. The molecule has 0 aliphatic heterocycles. The fraction of sp³-hybridized carbons (Fsp3) is 0.250. The van der Waals surface area contributed by atoms with E-state index in [-0.39, 0.29) is 5.82 Å². The van der Waals surface area contributed by atoms with Crippen molar-refractivity contribution in [1.82, 2.24) is 5.32 Å². The Labute approximate surface area is 122 Å². The molecule has 0 amide bonds. The van der Waals surface area contributed by atoms with Crippen LogP contribution in [0.3, 0.4) is 0 Å². The van der Waals surface area contributed by atoms with Gasteiger partial charge in [0.2, 0.25) is 0 Å². The summed E-state index contributed by atoms with van der Waals surface area (Å²) in [4.78, 5) is 0. The van der Waals surface area contributed by atoms with Crippen LogP contribution in [0.15, 0.2) is 47.2 Å². The number of hydrogen-bond acceptors (Lipinski definition) is 3. The van der Waals surface area contributed by atoms with Crippen LogP contribution in [0.25, 0.3) is 6.08 Å². The van der Waals surface area contributed by atoms with Gasteiger partial charge >= 0.3 is 0 Å². The minimum atomic E-state index is -0.857. The van der Waals surface area contributed by atoms with Gasteiger partial charge in [-0.25, -0.2) is 4.39 Å². The minimum Gasteiger partial charge on any atom is -0.384 e. The standard InChI is InChI=1S/C16H18FNOS/c1-16(19,14-8-10-20-11-14)12-18-9-2-3-13-4-6-15(17)7-5-13/h2-8,10-11,18-19H,9,12H2,1H3/b3-2+. The number of halogens is 1. The number of benzene rings is 1. The molecule has 2 aromatic rings. The summed E-state index contributed by atoms with van der Waals surface area (Å²) >= 11 is 1.58. The van der Waals surface area contributed by atoms with Crippen LogP contribution in [0.5, 0.6) is 0 Å². The van der Waals surface area contributed by atoms with Crippen LogP contribution in [0, 0.1) is 5.82 Å². The van der Waals surface area contributed by atoms with Crippen molar-refractivity contribution in [1.29, 1.82) is 0 Å². The lowest BCUT2D eigenvalue weighted by Crippen LogP contribution is -2.35. The summed E-state index contributed by atoms with van der Waals surface area (Å²) in [6.07, 6.45) is 3.88. The van der Waals surface area contributed by atoms with E-state index >= 15 is 0 Å². The highest BCUT2D eigenvalue weighted by Gasteiger charge is 2.22. The van der Waals surface area contributed by atoms with Crippen LogP contribution in [0.1, 0.15) is 18.1 Å². The molecule has 0 aliphatic carbocycles. The third-order valence-corrected chi connectivity index (χ3v) is 3.74. The largest absolute Gasteiger partial charge is 0.384 e. The summed E-state index contributed by atoms with van der Waals surface area (Å²) < 4.78 is 12.7. The van der Waals surface area contributed by atoms with Crippen LogP contribution in [-0.4, -0.2) is 18.2 Å². The number of hydrogen-bond donors (Lipinski definition) is 2. The molecular weight excluding hydrogens is 273 g/mol. The molecule has 1 aromatic heterocycles. The topological polar surface area (TPSA) is 32.3 Å². The summed E-state index contributed by atoms with van der Waals surface area (Å²) in [5.41, 5.74) is 1.03. The molecule has 2 nitrogen and oxygen atoms in total. The van der Waals surface area contributed by atoms with Gasteiger partial charge < -0.3 is 10.4 Å². The quantitative estimate of drug-likeness (QED) is 0.800. The highest BCUT2D eigenvalue weighted by Crippen LogP contribution is 2.21. The van der Waals surface area contributed by atoms with Gasteiger partial charge in [-0.05, 0) is 47.0 Å². The average Bonchev–Trinajstić information content (AvgIpc) is 2.95. The van der Waals surface area contributed by atoms with E-state index in [0.29, 0.717) is 13.1 Å². The van der Waals surface area contributed by atoms with Crippen molar-refractivity contribution < 1.29 is 9.50 Å². The first-order valence-corrected chi connectivity index (χ1v) is 7.40. The molecule has 0 saturated carbocycles. The molecule has 1 unspecified atom stereocenters. The highest BCUT2D eigenvalue weighted by atomic mass is 32.1. The van der Waals surface area contributed by atoms with Gasteiger partial charge in [-0.3, -0.25) is 0 Å². The molecule has 1 aromatic carbocycles. The second-order valence-electron chi connectivity index (χ2n) is 4.87. The molecule has 0 spiro atoms. The lowest BCUT2D eigenvalue weighted by Gasteiger charge is -2.22. The van der Waals surface area contributed by atoms with Gasteiger partial charge in [0.1, 0.15) is 5.82 Å². The van der Waals surface area contributed by atoms with Crippen molar-refractivity contribution in [2.75, 3.05) is 13.1 Å². The normalized spacial score (nSPS) is 14.6. The van der Waals surface area contributed by atoms with E-state index in [1.807, 2.05) is 29.0 Å². The predicted molar refractivity (Wildman–Crippen MR) is 82.2 cm³/mol. The third kappa shape index (κ3) is 4.27. The first kappa shape index (κ1) is 14.9. The van der Waals surface area contributed by atoms with Crippen LogP contribution in [0.2, 0.25) is 0 Å². The first-order valence-electron chi connectivity index (χ1n) is 6.46. The van der Waals surface area contributed by atoms with E-state index in [0.717, 1.165) is 11.1 Å². The lowest BCUT2D eigenvalue weighted by atomic mass is 9.99. The second-order valence-corrected chi connectivity index (χ2v) is 5.65. The summed E-state index contributed by atoms with van der Waals surface area (Å²) in [5.74, 6) is -0.230. The monoisotopic (exact) mass is 291 g/mol. The molecule has 1 atom stereocenters. The molecule has 2 N–H and O–H groups in total. The number of thiophene rings is 1. The summed E-state index contributed by atoms with van der Waals surface area (Å²) in [7, 11) is 0. The van der Waals surface area contributed by atoms with E-state index < -0.39 is 5.60 Å². The first-order chi connectivity index (χ1) is 9.58. The molecule has 106 valence electrons. The van der Waals surface area contributed by atoms with Crippen LogP contribution in [0.4, 0.5) is 4.39 Å². The van der Waals surface area contributed by atoms with Crippen molar-refractivity contribution in [2.24, 2.45) is 0 Å². The van der Waals surface area contributed by atoms with Crippen LogP contribution >= 0.6 is 11.3 Å². The number of rotatable bonds is 6. The SMILES string of the molecule is CC(O)(CNC/C=C/c1ccc(F)cc1)c1ccsc1. The Kier molecular flexibility index (Phi) is 5.06. The molecule has 2 rings (SSSR count).